The van der Waals surface area contributed by atoms with Gasteiger partial charge in [-0.2, -0.15) is 0 Å². The van der Waals surface area contributed by atoms with E-state index in [1.54, 1.807) is 18.2 Å². The molecule has 12 nitrogen and oxygen atoms in total. The fourth-order valence-electron chi connectivity index (χ4n) is 3.99. The number of fused-ring (bicyclic) bond motifs is 1. The highest BCUT2D eigenvalue weighted by Crippen LogP contribution is 2.33. The SMILES string of the molecule is O=C(CNCCCN1CCCC1=O)Nc1ccc([N+](=O)[O-])cc1C(=O)Nc1ccc2c(c1)OCCO2. The molecule has 1 fully saturated rings. The lowest BCUT2D eigenvalue weighted by atomic mass is 10.1. The lowest BCUT2D eigenvalue weighted by Gasteiger charge is -2.19. The number of amides is 3. The van der Waals surface area contributed by atoms with Crippen molar-refractivity contribution in [3.05, 3.63) is 52.1 Å². The number of rotatable bonds is 10. The number of ether oxygens (including phenoxy) is 2. The number of nitrogens with zero attached hydrogens (tertiary/aromatic N) is 2. The molecule has 1 saturated heterocycles. The summed E-state index contributed by atoms with van der Waals surface area (Å²) in [5.41, 5.74) is 0.214. The van der Waals surface area contributed by atoms with E-state index in [-0.39, 0.29) is 29.4 Å². The third-order valence-electron chi connectivity index (χ3n) is 5.77. The van der Waals surface area contributed by atoms with Gasteiger partial charge in [0.15, 0.2) is 11.5 Å². The van der Waals surface area contributed by atoms with Crippen LogP contribution in [0.5, 0.6) is 11.5 Å². The van der Waals surface area contributed by atoms with Gasteiger partial charge in [-0.1, -0.05) is 0 Å². The molecule has 0 saturated carbocycles. The van der Waals surface area contributed by atoms with Crippen LogP contribution in [0, 0.1) is 10.1 Å². The summed E-state index contributed by atoms with van der Waals surface area (Å²) in [6.45, 7) is 2.75. The Bertz CT molecular complexity index is 1170. The van der Waals surface area contributed by atoms with Crippen molar-refractivity contribution in [3.8, 4) is 11.5 Å². The van der Waals surface area contributed by atoms with Gasteiger partial charge in [-0.05, 0) is 37.6 Å². The number of carbonyl (C=O) groups is 3. The molecule has 12 heteroatoms. The smallest absolute Gasteiger partial charge is 0.270 e. The first kappa shape index (κ1) is 24.9. The summed E-state index contributed by atoms with van der Waals surface area (Å²) in [5, 5.41) is 19.6. The molecule has 0 unspecified atom stereocenters. The van der Waals surface area contributed by atoms with Crippen LogP contribution in [0.25, 0.3) is 0 Å². The number of nitro benzene ring substituents is 1. The first-order chi connectivity index (χ1) is 17.4. The molecule has 2 aromatic rings. The maximum Gasteiger partial charge on any atom is 0.270 e. The van der Waals surface area contributed by atoms with Gasteiger partial charge in [-0.3, -0.25) is 24.5 Å². The quantitative estimate of drug-likeness (QED) is 0.257. The first-order valence-corrected chi connectivity index (χ1v) is 11.7. The van der Waals surface area contributed by atoms with E-state index in [0.29, 0.717) is 56.3 Å². The first-order valence-electron chi connectivity index (χ1n) is 11.7. The Morgan fingerprint density at radius 1 is 1.06 bits per heavy atom. The molecular formula is C24H27N5O7. The van der Waals surface area contributed by atoms with Gasteiger partial charge < -0.3 is 30.3 Å². The molecule has 3 amide bonds. The summed E-state index contributed by atoms with van der Waals surface area (Å²) in [6, 6.07) is 8.54. The van der Waals surface area contributed by atoms with Gasteiger partial charge in [0.25, 0.3) is 11.6 Å². The zero-order valence-corrected chi connectivity index (χ0v) is 19.6. The molecule has 0 aliphatic carbocycles. The maximum absolute atomic E-state index is 13.0. The van der Waals surface area contributed by atoms with Crippen LogP contribution in [0.15, 0.2) is 36.4 Å². The summed E-state index contributed by atoms with van der Waals surface area (Å²) < 4.78 is 11.0. The van der Waals surface area contributed by atoms with Crippen LogP contribution >= 0.6 is 0 Å². The summed E-state index contributed by atoms with van der Waals surface area (Å²) in [4.78, 5) is 49.6. The Hall–Kier alpha value is -4.19. The Morgan fingerprint density at radius 2 is 1.86 bits per heavy atom. The van der Waals surface area contributed by atoms with E-state index in [9.17, 15) is 24.5 Å². The van der Waals surface area contributed by atoms with Crippen molar-refractivity contribution in [1.29, 1.82) is 0 Å². The Morgan fingerprint density at radius 3 is 2.61 bits per heavy atom. The van der Waals surface area contributed by atoms with Gasteiger partial charge in [0.2, 0.25) is 11.8 Å². The second-order valence-corrected chi connectivity index (χ2v) is 8.36. The predicted octanol–water partition coefficient (Wildman–Crippen LogP) is 2.16. The van der Waals surface area contributed by atoms with Crippen molar-refractivity contribution in [1.82, 2.24) is 10.2 Å². The monoisotopic (exact) mass is 497 g/mol. The van der Waals surface area contributed by atoms with Crippen LogP contribution in [-0.4, -0.2) is 66.9 Å². The van der Waals surface area contributed by atoms with E-state index in [1.165, 1.54) is 12.1 Å². The van der Waals surface area contributed by atoms with Crippen molar-refractivity contribution in [3.63, 3.8) is 0 Å². The maximum atomic E-state index is 13.0. The predicted molar refractivity (Wildman–Crippen MR) is 130 cm³/mol. The summed E-state index contributed by atoms with van der Waals surface area (Å²) in [7, 11) is 0. The van der Waals surface area contributed by atoms with Crippen LogP contribution in [-0.2, 0) is 9.59 Å². The normalized spacial score (nSPS) is 14.4. The summed E-state index contributed by atoms with van der Waals surface area (Å²) in [5.74, 6) is 0.158. The van der Waals surface area contributed by atoms with Crippen LogP contribution < -0.4 is 25.4 Å². The van der Waals surface area contributed by atoms with Crippen molar-refractivity contribution >= 4 is 34.8 Å². The minimum absolute atomic E-state index is 0.0197. The fourth-order valence-corrected chi connectivity index (χ4v) is 3.99. The molecule has 0 spiro atoms. The third-order valence-corrected chi connectivity index (χ3v) is 5.77. The van der Waals surface area contributed by atoms with Crippen LogP contribution in [0.2, 0.25) is 0 Å². The fraction of sp³-hybridized carbons (Fsp3) is 0.375. The average Bonchev–Trinajstić information content (AvgIpc) is 3.28. The van der Waals surface area contributed by atoms with Gasteiger partial charge >= 0.3 is 0 Å². The van der Waals surface area contributed by atoms with Gasteiger partial charge in [0.05, 0.1) is 22.7 Å². The van der Waals surface area contributed by atoms with Gasteiger partial charge in [0, 0.05) is 43.4 Å². The molecule has 190 valence electrons. The molecule has 0 aromatic heterocycles. The molecule has 2 aliphatic rings. The highest BCUT2D eigenvalue weighted by molar-refractivity contribution is 6.10. The zero-order valence-electron chi connectivity index (χ0n) is 19.6. The van der Waals surface area contributed by atoms with Crippen LogP contribution in [0.1, 0.15) is 29.6 Å². The van der Waals surface area contributed by atoms with Crippen molar-refractivity contribution in [2.45, 2.75) is 19.3 Å². The minimum atomic E-state index is -0.631. The topological polar surface area (TPSA) is 152 Å². The van der Waals surface area contributed by atoms with Crippen molar-refractivity contribution < 1.29 is 28.8 Å². The number of nitrogens with one attached hydrogen (secondary N) is 3. The lowest BCUT2D eigenvalue weighted by Crippen LogP contribution is -2.32. The molecule has 36 heavy (non-hydrogen) atoms. The van der Waals surface area contributed by atoms with E-state index in [0.717, 1.165) is 19.0 Å². The number of likely N-dealkylation sites (tertiary alicyclic amines) is 1. The number of non-ortho nitro benzene ring substituents is 1. The largest absolute Gasteiger partial charge is 0.486 e. The van der Waals surface area contributed by atoms with E-state index in [2.05, 4.69) is 16.0 Å². The van der Waals surface area contributed by atoms with E-state index in [4.69, 9.17) is 9.47 Å². The number of hydrogen-bond donors (Lipinski definition) is 3. The van der Waals surface area contributed by atoms with E-state index in [1.807, 2.05) is 4.90 Å². The Balaban J connectivity index is 1.36. The summed E-state index contributed by atoms with van der Waals surface area (Å²) in [6.07, 6.45) is 2.18. The Kier molecular flexibility index (Phi) is 7.95. The molecule has 0 atom stereocenters. The number of hydrogen-bond acceptors (Lipinski definition) is 8. The second kappa shape index (κ2) is 11.5. The number of anilines is 2. The lowest BCUT2D eigenvalue weighted by molar-refractivity contribution is -0.384. The van der Waals surface area contributed by atoms with E-state index < -0.39 is 16.7 Å². The van der Waals surface area contributed by atoms with Gasteiger partial charge in [-0.15, -0.1) is 0 Å². The standard InChI is InChI=1S/C24H27N5O7/c30-22(15-25-8-2-10-28-9-1-3-23(28)31)27-19-6-5-17(29(33)34)14-18(19)24(32)26-16-4-7-20-21(13-16)36-12-11-35-20/h4-7,13-14,25H,1-3,8-12,15H2,(H,26,32)(H,27,30). The molecule has 2 aliphatic heterocycles. The Labute approximate surface area is 207 Å². The molecular weight excluding hydrogens is 470 g/mol. The second-order valence-electron chi connectivity index (χ2n) is 8.36. The summed E-state index contributed by atoms with van der Waals surface area (Å²) >= 11 is 0. The number of benzene rings is 2. The van der Waals surface area contributed by atoms with Gasteiger partial charge in [-0.25, -0.2) is 0 Å². The van der Waals surface area contributed by atoms with Crippen LogP contribution in [0.3, 0.4) is 0 Å². The highest BCUT2D eigenvalue weighted by atomic mass is 16.6. The number of nitro groups is 1. The molecule has 2 aromatic carbocycles. The van der Waals surface area contributed by atoms with Crippen molar-refractivity contribution in [2.24, 2.45) is 0 Å². The zero-order chi connectivity index (χ0) is 25.5. The van der Waals surface area contributed by atoms with E-state index >= 15 is 0 Å². The molecule has 3 N–H and O–H groups in total. The molecule has 0 radical (unpaired) electrons. The number of carbonyl (C=O) groups excluding carboxylic acids is 3. The molecule has 4 rings (SSSR count). The highest BCUT2D eigenvalue weighted by Gasteiger charge is 2.21. The van der Waals surface area contributed by atoms with Crippen LogP contribution in [0.4, 0.5) is 17.1 Å². The third kappa shape index (κ3) is 6.27. The average molecular weight is 498 g/mol. The molecule has 0 bridgehead atoms. The minimum Gasteiger partial charge on any atom is -0.486 e. The molecule has 2 heterocycles. The van der Waals surface area contributed by atoms with Crippen molar-refractivity contribution in [2.75, 3.05) is 50.0 Å². The van der Waals surface area contributed by atoms with Gasteiger partial charge in [0.1, 0.15) is 13.2 Å².